The van der Waals surface area contributed by atoms with Crippen LogP contribution in [0.15, 0.2) is 12.2 Å². The molecule has 5 fully saturated rings. The second-order valence-electron chi connectivity index (χ2n) is 13.9. The lowest BCUT2D eigenvalue weighted by molar-refractivity contribution is -0.164. The van der Waals surface area contributed by atoms with Crippen molar-refractivity contribution >= 4 is 28.6 Å². The molecule has 0 radical (unpaired) electrons. The number of rotatable bonds is 5. The summed E-state index contributed by atoms with van der Waals surface area (Å²) in [5.74, 6) is -0.947. The molecule has 1 aliphatic heterocycles. The van der Waals surface area contributed by atoms with E-state index in [1.165, 1.54) is 7.11 Å². The molecule has 4 aliphatic carbocycles. The van der Waals surface area contributed by atoms with Crippen molar-refractivity contribution in [1.29, 1.82) is 0 Å². The number of hydrogen-bond donors (Lipinski definition) is 0. The molecule has 4 bridgehead atoms. The number of fused-ring (bicyclic) bond motifs is 1. The van der Waals surface area contributed by atoms with Crippen LogP contribution >= 0.6 is 0 Å². The molecule has 5 rings (SSSR count). The molecule has 0 aromatic heterocycles. The van der Waals surface area contributed by atoms with E-state index in [0.717, 1.165) is 44.1 Å². The first kappa shape index (κ1) is 24.7. The lowest BCUT2D eigenvalue weighted by Gasteiger charge is -2.48. The molecule has 0 aromatic rings. The van der Waals surface area contributed by atoms with Gasteiger partial charge in [0.05, 0.1) is 30.1 Å². The zero-order valence-corrected chi connectivity index (χ0v) is 24.2. The first-order chi connectivity index (χ1) is 15.5. The zero-order chi connectivity index (χ0) is 25.1. The minimum absolute atomic E-state index is 0.116. The Kier molecular flexibility index (Phi) is 5.14. The van der Waals surface area contributed by atoms with Gasteiger partial charge in [0.15, 0.2) is 16.6 Å². The normalized spacial score (nSPS) is 47.3. The van der Waals surface area contributed by atoms with Gasteiger partial charge in [0.2, 0.25) is 0 Å². The topological polar surface area (TPSA) is 71.1 Å². The van der Waals surface area contributed by atoms with Gasteiger partial charge in [-0.15, -0.1) is 0 Å². The fourth-order valence-corrected chi connectivity index (χ4v) is 11.8. The van der Waals surface area contributed by atoms with Gasteiger partial charge in [-0.25, -0.2) is 0 Å². The van der Waals surface area contributed by atoms with Gasteiger partial charge in [0.1, 0.15) is 5.60 Å². The summed E-state index contributed by atoms with van der Waals surface area (Å²) in [6, 6.07) is 0. The van der Waals surface area contributed by atoms with Crippen molar-refractivity contribution in [3.05, 3.63) is 12.2 Å². The van der Waals surface area contributed by atoms with Crippen molar-refractivity contribution in [1.82, 2.24) is 0 Å². The highest BCUT2D eigenvalue weighted by Crippen LogP contribution is 2.79. The highest BCUT2D eigenvalue weighted by Gasteiger charge is 2.84. The standard InChI is InChI=1S/C26H42O6Si2/c1-16-14-24-15-25(16,32-34(7,8)9)12-10-17(24)26-13-11-18(31-33(4,5)6)23(2,22(28)30-26)20(26)19(24)21(27)29-3/h17-20H,1,10-15H2,2-9H3/t17-,18-,19?,20-,23?,24+,25+,26-/m1/s1. The van der Waals surface area contributed by atoms with Gasteiger partial charge in [-0.3, -0.25) is 9.59 Å². The highest BCUT2D eigenvalue weighted by atomic mass is 28.4. The predicted octanol–water partition coefficient (Wildman–Crippen LogP) is 5.06. The molecule has 0 N–H and O–H groups in total. The van der Waals surface area contributed by atoms with Crippen molar-refractivity contribution < 1.29 is 27.9 Å². The van der Waals surface area contributed by atoms with Crippen LogP contribution < -0.4 is 0 Å². The Labute approximate surface area is 206 Å². The van der Waals surface area contributed by atoms with E-state index in [1.807, 2.05) is 6.92 Å². The smallest absolute Gasteiger partial charge is 0.315 e. The Morgan fingerprint density at radius 3 is 2.35 bits per heavy atom. The third kappa shape index (κ3) is 3.04. The maximum Gasteiger partial charge on any atom is 0.315 e. The number of carbonyl (C=O) groups is 2. The summed E-state index contributed by atoms with van der Waals surface area (Å²) in [6.45, 7) is 19.7. The van der Waals surface area contributed by atoms with Gasteiger partial charge in [0.25, 0.3) is 0 Å². The molecule has 0 amide bonds. The molecule has 2 unspecified atom stereocenters. The number of carbonyl (C=O) groups excluding carboxylic acids is 2. The highest BCUT2D eigenvalue weighted by molar-refractivity contribution is 6.70. The lowest BCUT2D eigenvalue weighted by Crippen LogP contribution is -2.56. The summed E-state index contributed by atoms with van der Waals surface area (Å²) in [4.78, 5) is 27.3. The average molecular weight is 507 g/mol. The molecule has 190 valence electrons. The van der Waals surface area contributed by atoms with Crippen molar-refractivity contribution in [2.75, 3.05) is 7.11 Å². The Bertz CT molecular complexity index is 952. The van der Waals surface area contributed by atoms with Crippen LogP contribution in [0.4, 0.5) is 0 Å². The van der Waals surface area contributed by atoms with Gasteiger partial charge in [-0.2, -0.15) is 0 Å². The van der Waals surface area contributed by atoms with E-state index >= 15 is 0 Å². The summed E-state index contributed by atoms with van der Waals surface area (Å²) in [7, 11) is -2.31. The lowest BCUT2D eigenvalue weighted by atomic mass is 9.59. The van der Waals surface area contributed by atoms with Gasteiger partial charge in [0, 0.05) is 11.8 Å². The summed E-state index contributed by atoms with van der Waals surface area (Å²) in [5, 5.41) is 0. The van der Waals surface area contributed by atoms with E-state index in [-0.39, 0.29) is 40.9 Å². The first-order valence-electron chi connectivity index (χ1n) is 12.9. The van der Waals surface area contributed by atoms with Crippen LogP contribution in [0.1, 0.15) is 45.4 Å². The van der Waals surface area contributed by atoms with Crippen LogP contribution in [0.25, 0.3) is 0 Å². The Hall–Kier alpha value is -0.966. The number of hydrogen-bond acceptors (Lipinski definition) is 6. The molecule has 8 atom stereocenters. The fourth-order valence-electron chi connectivity index (χ4n) is 9.07. The quantitative estimate of drug-likeness (QED) is 0.295. The van der Waals surface area contributed by atoms with E-state index in [4.69, 9.17) is 18.3 Å². The van der Waals surface area contributed by atoms with E-state index in [0.29, 0.717) is 0 Å². The molecule has 4 saturated carbocycles. The molecule has 5 aliphatic rings. The third-order valence-electron chi connectivity index (χ3n) is 9.69. The van der Waals surface area contributed by atoms with Gasteiger partial charge < -0.3 is 18.3 Å². The molecule has 8 heteroatoms. The van der Waals surface area contributed by atoms with E-state index < -0.39 is 33.6 Å². The van der Waals surface area contributed by atoms with Crippen LogP contribution in [-0.2, 0) is 27.9 Å². The van der Waals surface area contributed by atoms with Crippen molar-refractivity contribution in [3.63, 3.8) is 0 Å². The van der Waals surface area contributed by atoms with E-state index in [2.05, 4.69) is 45.9 Å². The van der Waals surface area contributed by atoms with Crippen LogP contribution in [0.5, 0.6) is 0 Å². The van der Waals surface area contributed by atoms with Crippen LogP contribution in [0.3, 0.4) is 0 Å². The summed E-state index contributed by atoms with van der Waals surface area (Å²) < 4.78 is 25.5. The van der Waals surface area contributed by atoms with E-state index in [9.17, 15) is 9.59 Å². The minimum atomic E-state index is -1.92. The molecule has 1 saturated heterocycles. The largest absolute Gasteiger partial charge is 0.469 e. The summed E-state index contributed by atoms with van der Waals surface area (Å²) >= 11 is 0. The Morgan fingerprint density at radius 2 is 1.76 bits per heavy atom. The van der Waals surface area contributed by atoms with Gasteiger partial charge >= 0.3 is 11.9 Å². The fraction of sp³-hybridized carbons (Fsp3) is 0.846. The van der Waals surface area contributed by atoms with E-state index in [1.54, 1.807) is 0 Å². The van der Waals surface area contributed by atoms with Crippen LogP contribution in [-0.4, -0.2) is 53.0 Å². The second-order valence-corrected chi connectivity index (χ2v) is 22.7. The number of ether oxygens (including phenoxy) is 2. The van der Waals surface area contributed by atoms with Gasteiger partial charge in [-0.05, 0) is 95.7 Å². The van der Waals surface area contributed by atoms with Crippen molar-refractivity contribution in [2.45, 2.75) is 102 Å². The molecule has 34 heavy (non-hydrogen) atoms. The minimum Gasteiger partial charge on any atom is -0.469 e. The second kappa shape index (κ2) is 7.08. The maximum absolute atomic E-state index is 13.7. The van der Waals surface area contributed by atoms with Crippen molar-refractivity contribution in [3.8, 4) is 0 Å². The molecule has 1 heterocycles. The summed E-state index contributed by atoms with van der Waals surface area (Å²) in [5.41, 5.74) is -1.09. The molecule has 0 aromatic carbocycles. The Morgan fingerprint density at radius 1 is 1.09 bits per heavy atom. The zero-order valence-electron chi connectivity index (χ0n) is 22.2. The number of esters is 2. The maximum atomic E-state index is 13.7. The first-order valence-corrected chi connectivity index (χ1v) is 19.7. The van der Waals surface area contributed by atoms with Crippen molar-refractivity contribution in [2.24, 2.45) is 28.6 Å². The Balaban J connectivity index is 1.65. The SMILES string of the molecule is C=C1C[C@]23C[C@@]1(O[Si](C)(C)C)CC[C@H]2[C@@]12CC[C@@H](O[Si](C)(C)C)C(C)(C(=O)O1)[C@H]2C3C(=O)OC. The average Bonchev–Trinajstić information content (AvgIpc) is 3.12. The summed E-state index contributed by atoms with van der Waals surface area (Å²) in [6.07, 6.45) is 4.60. The van der Waals surface area contributed by atoms with Gasteiger partial charge in [-0.1, -0.05) is 6.58 Å². The molecule has 6 nitrogen and oxygen atoms in total. The van der Waals surface area contributed by atoms with Crippen LogP contribution in [0, 0.1) is 28.6 Å². The molecular formula is C26H42O6Si2. The third-order valence-corrected chi connectivity index (χ3v) is 11.7. The molecular weight excluding hydrogens is 464 g/mol. The predicted molar refractivity (Wildman–Crippen MR) is 134 cm³/mol. The molecule has 1 spiro atoms. The van der Waals surface area contributed by atoms with Crippen LogP contribution in [0.2, 0.25) is 39.3 Å². The number of methoxy groups -OCH3 is 1. The monoisotopic (exact) mass is 506 g/mol.